The van der Waals surface area contributed by atoms with Crippen molar-refractivity contribution in [3.05, 3.63) is 121 Å². The maximum Gasteiger partial charge on any atom is 0.143 e. The van der Waals surface area contributed by atoms with Gasteiger partial charge < -0.3 is 8.83 Å². The van der Waals surface area contributed by atoms with Crippen LogP contribution in [0.4, 0.5) is 0 Å². The number of furan rings is 2. The van der Waals surface area contributed by atoms with Crippen LogP contribution >= 0.6 is 0 Å². The van der Waals surface area contributed by atoms with Crippen molar-refractivity contribution < 1.29 is 8.83 Å². The Kier molecular flexibility index (Phi) is 3.82. The van der Waals surface area contributed by atoms with Crippen LogP contribution in [-0.2, 0) is 0 Å². The van der Waals surface area contributed by atoms with Gasteiger partial charge in [-0.25, -0.2) is 0 Å². The van der Waals surface area contributed by atoms with Crippen molar-refractivity contribution in [1.82, 2.24) is 0 Å². The predicted octanol–water partition coefficient (Wildman–Crippen LogP) is 10.5. The Labute approximate surface area is 218 Å². The van der Waals surface area contributed by atoms with Gasteiger partial charge in [-0.2, -0.15) is 0 Å². The standard InChI is InChI=1S/C36H20O2/c1-3-10-31-25(6-1)26-17-16-23(20-33(26)37-31)21-12-14-22(15-13-21)24-18-19-30-34-27(24)8-5-9-29(34)35-28-7-2-4-11-32(28)38-36(30)35/h1-20H. The first-order valence-electron chi connectivity index (χ1n) is 12.9. The maximum absolute atomic E-state index is 6.34. The molecule has 1 aliphatic rings. The summed E-state index contributed by atoms with van der Waals surface area (Å²) in [5.41, 5.74) is 11.2. The van der Waals surface area contributed by atoms with E-state index in [1.807, 2.05) is 18.2 Å². The van der Waals surface area contributed by atoms with Crippen LogP contribution in [0, 0.1) is 0 Å². The molecule has 1 aliphatic carbocycles. The molecule has 6 aromatic carbocycles. The van der Waals surface area contributed by atoms with Crippen molar-refractivity contribution in [2.24, 2.45) is 0 Å². The summed E-state index contributed by atoms with van der Waals surface area (Å²) < 4.78 is 12.5. The molecule has 0 saturated heterocycles. The number of para-hydroxylation sites is 2. The molecule has 2 heteroatoms. The van der Waals surface area contributed by atoms with E-state index < -0.39 is 0 Å². The third-order valence-electron chi connectivity index (χ3n) is 8.06. The molecular formula is C36H20O2. The molecule has 0 aliphatic heterocycles. The van der Waals surface area contributed by atoms with Crippen LogP contribution in [0.1, 0.15) is 0 Å². The van der Waals surface area contributed by atoms with Gasteiger partial charge in [-0.1, -0.05) is 91.0 Å². The molecule has 0 amide bonds. The zero-order valence-corrected chi connectivity index (χ0v) is 20.4. The predicted molar refractivity (Wildman–Crippen MR) is 156 cm³/mol. The maximum atomic E-state index is 6.34. The lowest BCUT2D eigenvalue weighted by molar-refractivity contribution is 0.634. The number of hydrogen-bond acceptors (Lipinski definition) is 2. The van der Waals surface area contributed by atoms with Gasteiger partial charge in [0, 0.05) is 32.7 Å². The summed E-state index contributed by atoms with van der Waals surface area (Å²) in [6, 6.07) is 43.0. The summed E-state index contributed by atoms with van der Waals surface area (Å²) in [6.07, 6.45) is 0. The highest BCUT2D eigenvalue weighted by Crippen LogP contribution is 2.53. The SMILES string of the molecule is c1ccc2c3c(oc2c1)-c1ccc(-c2ccc(-c4ccc5c(c4)oc4ccccc45)cc2)c2cccc-3c12. The Morgan fingerprint density at radius 2 is 1.03 bits per heavy atom. The van der Waals surface area contributed by atoms with Gasteiger partial charge in [0.15, 0.2) is 0 Å². The molecule has 0 spiro atoms. The van der Waals surface area contributed by atoms with Crippen LogP contribution in [0.5, 0.6) is 0 Å². The fourth-order valence-corrected chi connectivity index (χ4v) is 6.31. The average molecular weight is 485 g/mol. The van der Waals surface area contributed by atoms with E-state index >= 15 is 0 Å². The van der Waals surface area contributed by atoms with Crippen LogP contribution in [0.3, 0.4) is 0 Å². The van der Waals surface area contributed by atoms with Crippen molar-refractivity contribution in [3.63, 3.8) is 0 Å². The molecule has 0 bridgehead atoms. The highest BCUT2D eigenvalue weighted by atomic mass is 16.3. The summed E-state index contributed by atoms with van der Waals surface area (Å²) in [7, 11) is 0. The summed E-state index contributed by atoms with van der Waals surface area (Å²) in [5.74, 6) is 0.986. The van der Waals surface area contributed by atoms with E-state index in [1.54, 1.807) is 0 Å². The summed E-state index contributed by atoms with van der Waals surface area (Å²) in [5, 5.41) is 6.03. The topological polar surface area (TPSA) is 26.3 Å². The highest BCUT2D eigenvalue weighted by Gasteiger charge is 2.28. The van der Waals surface area contributed by atoms with E-state index in [4.69, 9.17) is 8.83 Å². The molecule has 176 valence electrons. The second-order valence-electron chi connectivity index (χ2n) is 10.1. The van der Waals surface area contributed by atoms with Gasteiger partial charge in [-0.3, -0.25) is 0 Å². The van der Waals surface area contributed by atoms with Gasteiger partial charge in [-0.05, 0) is 63.5 Å². The van der Waals surface area contributed by atoms with Crippen molar-refractivity contribution in [3.8, 4) is 44.7 Å². The van der Waals surface area contributed by atoms with E-state index in [-0.39, 0.29) is 0 Å². The molecule has 0 unspecified atom stereocenters. The lowest BCUT2D eigenvalue weighted by Crippen LogP contribution is -1.85. The molecule has 0 fully saturated rings. The third kappa shape index (κ3) is 2.61. The van der Waals surface area contributed by atoms with Crippen LogP contribution in [0.25, 0.3) is 88.4 Å². The molecule has 38 heavy (non-hydrogen) atoms. The van der Waals surface area contributed by atoms with Crippen LogP contribution in [0.15, 0.2) is 130 Å². The van der Waals surface area contributed by atoms with E-state index in [0.29, 0.717) is 0 Å². The van der Waals surface area contributed by atoms with Gasteiger partial charge >= 0.3 is 0 Å². The molecule has 9 rings (SSSR count). The van der Waals surface area contributed by atoms with Gasteiger partial charge in [-0.15, -0.1) is 0 Å². The molecule has 2 nitrogen and oxygen atoms in total. The zero-order valence-electron chi connectivity index (χ0n) is 20.4. The average Bonchev–Trinajstić information content (AvgIpc) is 3.63. The fraction of sp³-hybridized carbons (Fsp3) is 0. The first kappa shape index (κ1) is 20.0. The Hall–Kier alpha value is -5.08. The van der Waals surface area contributed by atoms with E-state index in [0.717, 1.165) is 38.8 Å². The van der Waals surface area contributed by atoms with E-state index in [2.05, 4.69) is 103 Å². The molecule has 0 radical (unpaired) electrons. The Balaban J connectivity index is 1.15. The molecule has 8 aromatic rings. The molecule has 0 saturated carbocycles. The second-order valence-corrected chi connectivity index (χ2v) is 10.1. The van der Waals surface area contributed by atoms with Crippen molar-refractivity contribution in [1.29, 1.82) is 0 Å². The Morgan fingerprint density at radius 3 is 1.89 bits per heavy atom. The first-order valence-corrected chi connectivity index (χ1v) is 12.9. The first-order chi connectivity index (χ1) is 18.8. The van der Waals surface area contributed by atoms with Crippen LogP contribution < -0.4 is 0 Å². The third-order valence-corrected chi connectivity index (χ3v) is 8.06. The normalized spacial score (nSPS) is 12.2. The minimum atomic E-state index is 0.921. The number of fused-ring (bicyclic) bond motifs is 8. The Morgan fingerprint density at radius 1 is 0.368 bits per heavy atom. The number of rotatable bonds is 2. The quantitative estimate of drug-likeness (QED) is 0.244. The van der Waals surface area contributed by atoms with Crippen molar-refractivity contribution >= 4 is 43.7 Å². The summed E-state index contributed by atoms with van der Waals surface area (Å²) in [4.78, 5) is 0. The van der Waals surface area contributed by atoms with Crippen molar-refractivity contribution in [2.45, 2.75) is 0 Å². The molecule has 2 aromatic heterocycles. The summed E-state index contributed by atoms with van der Waals surface area (Å²) >= 11 is 0. The fourth-order valence-electron chi connectivity index (χ4n) is 6.31. The van der Waals surface area contributed by atoms with Gasteiger partial charge in [0.2, 0.25) is 0 Å². The zero-order chi connectivity index (χ0) is 24.8. The van der Waals surface area contributed by atoms with Crippen LogP contribution in [0.2, 0.25) is 0 Å². The molecule has 0 atom stereocenters. The van der Waals surface area contributed by atoms with Crippen LogP contribution in [-0.4, -0.2) is 0 Å². The minimum Gasteiger partial charge on any atom is -0.456 e. The van der Waals surface area contributed by atoms with E-state index in [1.165, 1.54) is 49.5 Å². The lowest BCUT2D eigenvalue weighted by Gasteiger charge is -2.11. The smallest absolute Gasteiger partial charge is 0.143 e. The number of benzene rings is 6. The largest absolute Gasteiger partial charge is 0.456 e. The van der Waals surface area contributed by atoms with Gasteiger partial charge in [0.25, 0.3) is 0 Å². The van der Waals surface area contributed by atoms with Crippen molar-refractivity contribution in [2.75, 3.05) is 0 Å². The molecule has 2 heterocycles. The second kappa shape index (κ2) is 7.24. The minimum absolute atomic E-state index is 0.921. The monoisotopic (exact) mass is 484 g/mol. The highest BCUT2D eigenvalue weighted by molar-refractivity contribution is 6.22. The van der Waals surface area contributed by atoms with E-state index in [9.17, 15) is 0 Å². The molecular weight excluding hydrogens is 464 g/mol. The van der Waals surface area contributed by atoms with Gasteiger partial charge in [0.1, 0.15) is 22.5 Å². The summed E-state index contributed by atoms with van der Waals surface area (Å²) in [6.45, 7) is 0. The number of hydrogen-bond donors (Lipinski definition) is 0. The Bertz CT molecular complexity index is 2230. The molecule has 0 N–H and O–H groups in total. The van der Waals surface area contributed by atoms with Gasteiger partial charge in [0.05, 0.1) is 0 Å². The lowest BCUT2D eigenvalue weighted by atomic mass is 9.93.